The number of hydrogen-bond acceptors (Lipinski definition) is 2. The zero-order valence-corrected chi connectivity index (χ0v) is 14.7. The maximum Gasteiger partial charge on any atom is 0.267 e. The summed E-state index contributed by atoms with van der Waals surface area (Å²) in [4.78, 5) is 4.96. The van der Waals surface area contributed by atoms with Crippen LogP contribution in [0.3, 0.4) is 0 Å². The molecule has 118 valence electrons. The fourth-order valence-corrected chi connectivity index (χ4v) is 4.59. The van der Waals surface area contributed by atoms with Crippen LogP contribution >= 0.6 is 10.5 Å². The van der Waals surface area contributed by atoms with Gasteiger partial charge in [-0.05, 0) is 43.9 Å². The van der Waals surface area contributed by atoms with Crippen molar-refractivity contribution < 1.29 is 4.74 Å². The Kier molecular flexibility index (Phi) is 4.77. The average Bonchev–Trinajstić information content (AvgIpc) is 2.96. The van der Waals surface area contributed by atoms with E-state index in [1.807, 2.05) is 13.8 Å². The summed E-state index contributed by atoms with van der Waals surface area (Å²) in [5.74, 6) is 1.09. The number of fused-ring (bicyclic) bond motifs is 3. The standard InChI is InChI=1S/C20H22NOS/c1-4-22-14-15(3)10-13-19-21-20-17-9-7-6-8-16(17)11-12-18(20)23(19)5-2/h6-14H,4-5H2,1-3H3/q+1. The lowest BCUT2D eigenvalue weighted by Crippen LogP contribution is -1.79. The van der Waals surface area contributed by atoms with Gasteiger partial charge in [-0.2, -0.15) is 4.98 Å². The molecule has 0 bridgehead atoms. The predicted octanol–water partition coefficient (Wildman–Crippen LogP) is 6.11. The molecule has 1 atom stereocenters. The van der Waals surface area contributed by atoms with Gasteiger partial charge in [0.1, 0.15) is 11.3 Å². The van der Waals surface area contributed by atoms with E-state index in [1.165, 1.54) is 20.5 Å². The monoisotopic (exact) mass is 324 g/mol. The summed E-state index contributed by atoms with van der Waals surface area (Å²) in [6.07, 6.45) is 6.04. The van der Waals surface area contributed by atoms with Gasteiger partial charge in [0.2, 0.25) is 4.70 Å². The molecule has 0 spiro atoms. The van der Waals surface area contributed by atoms with Crippen LogP contribution in [-0.2, 0) is 10.5 Å². The van der Waals surface area contributed by atoms with Crippen LogP contribution in [0.25, 0.3) is 27.1 Å². The van der Waals surface area contributed by atoms with E-state index in [9.17, 15) is 0 Å². The van der Waals surface area contributed by atoms with Gasteiger partial charge in [-0.3, -0.25) is 0 Å². The Morgan fingerprint density at radius 1 is 1.17 bits per heavy atom. The van der Waals surface area contributed by atoms with E-state index < -0.39 is 0 Å². The minimum Gasteiger partial charge on any atom is -0.501 e. The first-order chi connectivity index (χ1) is 11.2. The first-order valence-corrected chi connectivity index (χ1v) is 9.41. The minimum absolute atomic E-state index is 0.0700. The molecule has 0 amide bonds. The highest BCUT2D eigenvalue weighted by Gasteiger charge is 2.20. The predicted molar refractivity (Wildman–Crippen MR) is 102 cm³/mol. The maximum atomic E-state index is 5.33. The number of aryl methyl sites for hydroxylation is 1. The molecule has 0 aliphatic rings. The normalized spacial score (nSPS) is 13.3. The van der Waals surface area contributed by atoms with Gasteiger partial charge in [-0.1, -0.05) is 24.3 Å². The highest BCUT2D eigenvalue weighted by atomic mass is 32.2. The summed E-state index contributed by atoms with van der Waals surface area (Å²) < 4.78 is 6.70. The average molecular weight is 324 g/mol. The largest absolute Gasteiger partial charge is 0.501 e. The van der Waals surface area contributed by atoms with Gasteiger partial charge in [0.15, 0.2) is 0 Å². The van der Waals surface area contributed by atoms with Crippen LogP contribution in [0.4, 0.5) is 0 Å². The molecule has 0 aliphatic heterocycles. The van der Waals surface area contributed by atoms with Gasteiger partial charge >= 0.3 is 0 Å². The number of benzene rings is 2. The molecule has 1 aromatic heterocycles. The molecular formula is C20H22NOS+. The highest BCUT2D eigenvalue weighted by molar-refractivity contribution is 7.37. The second kappa shape index (κ2) is 6.97. The molecule has 2 nitrogen and oxygen atoms in total. The van der Waals surface area contributed by atoms with Crippen LogP contribution in [0.5, 0.6) is 0 Å². The van der Waals surface area contributed by atoms with Gasteiger partial charge in [0.05, 0.1) is 12.9 Å². The summed E-state index contributed by atoms with van der Waals surface area (Å²) in [5, 5.41) is 3.68. The Balaban J connectivity index is 2.10. The summed E-state index contributed by atoms with van der Waals surface area (Å²) in [5.41, 5.74) is 2.26. The van der Waals surface area contributed by atoms with Crippen molar-refractivity contribution in [2.45, 2.75) is 26.5 Å². The zero-order chi connectivity index (χ0) is 16.2. The van der Waals surface area contributed by atoms with E-state index in [1.54, 1.807) is 6.26 Å². The first-order valence-electron chi connectivity index (χ1n) is 8.02. The number of thiazole rings is 1. The second-order valence-electron chi connectivity index (χ2n) is 5.41. The van der Waals surface area contributed by atoms with E-state index in [4.69, 9.17) is 9.72 Å². The fraction of sp³-hybridized carbons (Fsp3) is 0.250. The number of hydrogen-bond donors (Lipinski definition) is 0. The molecule has 0 saturated heterocycles. The van der Waals surface area contributed by atoms with E-state index in [2.05, 4.69) is 55.5 Å². The number of nitrogens with zero attached hydrogens (tertiary/aromatic N) is 1. The van der Waals surface area contributed by atoms with Crippen molar-refractivity contribution in [2.75, 3.05) is 6.61 Å². The van der Waals surface area contributed by atoms with Gasteiger partial charge in [-0.15, -0.1) is 0 Å². The molecule has 0 N–H and O–H groups in total. The molecule has 3 heteroatoms. The SMILES string of the molecule is CCOC=C(C)C=Cc1nc2c3ccccc3ccc2[s+]1CC. The van der Waals surface area contributed by atoms with Crippen LogP contribution in [0.1, 0.15) is 25.8 Å². The zero-order valence-electron chi connectivity index (χ0n) is 13.9. The van der Waals surface area contributed by atoms with Gasteiger partial charge in [0.25, 0.3) is 5.01 Å². The third kappa shape index (κ3) is 3.15. The lowest BCUT2D eigenvalue weighted by molar-refractivity contribution is 0.267. The van der Waals surface area contributed by atoms with Gasteiger partial charge in [0, 0.05) is 28.0 Å². The lowest BCUT2D eigenvalue weighted by atomic mass is 10.1. The van der Waals surface area contributed by atoms with E-state index in [0.29, 0.717) is 6.61 Å². The molecule has 0 fully saturated rings. The number of ether oxygens (including phenoxy) is 1. The topological polar surface area (TPSA) is 22.1 Å². The Morgan fingerprint density at radius 2 is 2.00 bits per heavy atom. The Labute approximate surface area is 140 Å². The van der Waals surface area contributed by atoms with Gasteiger partial charge in [-0.25, -0.2) is 0 Å². The van der Waals surface area contributed by atoms with Crippen LogP contribution in [0, 0.1) is 0 Å². The fourth-order valence-electron chi connectivity index (χ4n) is 2.71. The van der Waals surface area contributed by atoms with E-state index in [0.717, 1.165) is 16.8 Å². The second-order valence-corrected chi connectivity index (χ2v) is 7.63. The number of rotatable bonds is 5. The molecule has 3 aromatic rings. The summed E-state index contributed by atoms with van der Waals surface area (Å²) in [7, 11) is 0.0700. The smallest absolute Gasteiger partial charge is 0.267 e. The van der Waals surface area contributed by atoms with Crippen molar-refractivity contribution in [3.05, 3.63) is 59.3 Å². The van der Waals surface area contributed by atoms with Crippen LogP contribution in [-0.4, -0.2) is 11.6 Å². The molecule has 1 unspecified atom stereocenters. The van der Waals surface area contributed by atoms with Crippen molar-refractivity contribution in [1.82, 2.24) is 4.98 Å². The Bertz CT molecular complexity index is 889. The summed E-state index contributed by atoms with van der Waals surface area (Å²) in [6, 6.07) is 12.9. The number of aromatic nitrogens is 1. The lowest BCUT2D eigenvalue weighted by Gasteiger charge is -1.95. The third-order valence-corrected chi connectivity index (χ3v) is 5.99. The molecule has 3 rings (SSSR count). The Morgan fingerprint density at radius 3 is 2.78 bits per heavy atom. The molecular weight excluding hydrogens is 302 g/mol. The molecule has 1 heterocycles. The summed E-state index contributed by atoms with van der Waals surface area (Å²) >= 11 is 0. The van der Waals surface area contributed by atoms with Crippen molar-refractivity contribution in [3.8, 4) is 0 Å². The maximum absolute atomic E-state index is 5.33. The van der Waals surface area contributed by atoms with Gasteiger partial charge < -0.3 is 4.74 Å². The molecule has 0 radical (unpaired) electrons. The van der Waals surface area contributed by atoms with Crippen molar-refractivity contribution >= 4 is 37.5 Å². The van der Waals surface area contributed by atoms with Crippen LogP contribution < -0.4 is 0 Å². The first kappa shape index (κ1) is 15.8. The Hall–Kier alpha value is -2.13. The molecule has 0 aliphatic carbocycles. The highest BCUT2D eigenvalue weighted by Crippen LogP contribution is 2.38. The number of allylic oxidation sites excluding steroid dienone is 2. The van der Waals surface area contributed by atoms with Crippen molar-refractivity contribution in [2.24, 2.45) is 0 Å². The molecule has 23 heavy (non-hydrogen) atoms. The molecule has 2 aromatic carbocycles. The molecule has 0 saturated carbocycles. The third-order valence-electron chi connectivity index (χ3n) is 3.82. The van der Waals surface area contributed by atoms with Crippen molar-refractivity contribution in [3.63, 3.8) is 0 Å². The van der Waals surface area contributed by atoms with Crippen LogP contribution in [0.15, 0.2) is 54.3 Å². The van der Waals surface area contributed by atoms with E-state index >= 15 is 0 Å². The van der Waals surface area contributed by atoms with Crippen LogP contribution in [0.2, 0.25) is 0 Å². The van der Waals surface area contributed by atoms with Crippen molar-refractivity contribution in [1.29, 1.82) is 0 Å². The van der Waals surface area contributed by atoms with E-state index in [-0.39, 0.29) is 10.5 Å². The quantitative estimate of drug-likeness (QED) is 0.321. The summed E-state index contributed by atoms with van der Waals surface area (Å²) in [6.45, 7) is 6.97. The minimum atomic E-state index is 0.0700.